The minimum Gasteiger partial charge on any atom is -0.299 e. The summed E-state index contributed by atoms with van der Waals surface area (Å²) >= 11 is 5.67. The Morgan fingerprint density at radius 1 is 1.40 bits per heavy atom. The summed E-state index contributed by atoms with van der Waals surface area (Å²) in [5.41, 5.74) is -0.874. The molecule has 1 saturated carbocycles. The first-order valence-corrected chi connectivity index (χ1v) is 5.54. The molecule has 0 unspecified atom stereocenters. The predicted molar refractivity (Wildman–Crippen MR) is 58.3 cm³/mol. The molecule has 5 heteroatoms. The summed E-state index contributed by atoms with van der Waals surface area (Å²) in [5.74, 6) is 0.546. The standard InChI is InChI=1S/C10H13ClN2O2/c11-8-6-13(10(15)12-9(8)14)5-7-3-1-2-4-7/h6-7H,1-5H2,(H,12,14,15). The fourth-order valence-electron chi connectivity index (χ4n) is 2.09. The highest BCUT2D eigenvalue weighted by Crippen LogP contribution is 2.25. The third kappa shape index (κ3) is 2.31. The van der Waals surface area contributed by atoms with E-state index in [1.54, 1.807) is 0 Å². The van der Waals surface area contributed by atoms with Crippen LogP contribution in [0.4, 0.5) is 0 Å². The van der Waals surface area contributed by atoms with Crippen molar-refractivity contribution in [2.24, 2.45) is 5.92 Å². The molecular formula is C10H13ClN2O2. The van der Waals surface area contributed by atoms with Crippen LogP contribution in [0.1, 0.15) is 25.7 Å². The zero-order valence-corrected chi connectivity index (χ0v) is 9.09. The molecule has 1 N–H and O–H groups in total. The molecule has 1 aliphatic carbocycles. The summed E-state index contributed by atoms with van der Waals surface area (Å²) in [6, 6.07) is 0. The van der Waals surface area contributed by atoms with E-state index in [1.807, 2.05) is 0 Å². The Bertz CT molecular complexity index is 457. The number of hydrogen-bond donors (Lipinski definition) is 1. The van der Waals surface area contributed by atoms with Crippen LogP contribution in [-0.2, 0) is 6.54 Å². The van der Waals surface area contributed by atoms with Gasteiger partial charge in [-0.05, 0) is 18.8 Å². The minimum atomic E-state index is -0.510. The Kier molecular flexibility index (Phi) is 2.95. The first-order valence-electron chi connectivity index (χ1n) is 5.16. The second-order valence-corrected chi connectivity index (χ2v) is 4.45. The van der Waals surface area contributed by atoms with Gasteiger partial charge < -0.3 is 0 Å². The maximum absolute atomic E-state index is 11.4. The van der Waals surface area contributed by atoms with Crippen LogP contribution >= 0.6 is 11.6 Å². The van der Waals surface area contributed by atoms with Crippen LogP contribution < -0.4 is 11.2 Å². The van der Waals surface area contributed by atoms with Gasteiger partial charge >= 0.3 is 5.69 Å². The number of aromatic amines is 1. The van der Waals surface area contributed by atoms with E-state index in [4.69, 9.17) is 11.6 Å². The molecule has 1 aliphatic rings. The molecule has 15 heavy (non-hydrogen) atoms. The smallest absolute Gasteiger partial charge is 0.299 e. The van der Waals surface area contributed by atoms with E-state index in [-0.39, 0.29) is 10.7 Å². The molecule has 4 nitrogen and oxygen atoms in total. The average Bonchev–Trinajstić information content (AvgIpc) is 2.67. The van der Waals surface area contributed by atoms with E-state index < -0.39 is 5.56 Å². The van der Waals surface area contributed by atoms with Crippen LogP contribution in [0, 0.1) is 5.92 Å². The Morgan fingerprint density at radius 3 is 2.73 bits per heavy atom. The third-order valence-electron chi connectivity index (χ3n) is 2.90. The van der Waals surface area contributed by atoms with Crippen molar-refractivity contribution in [3.8, 4) is 0 Å². The lowest BCUT2D eigenvalue weighted by atomic mass is 10.1. The largest absolute Gasteiger partial charge is 0.328 e. The van der Waals surface area contributed by atoms with Crippen LogP contribution in [-0.4, -0.2) is 9.55 Å². The Hall–Kier alpha value is -1.03. The van der Waals surface area contributed by atoms with Crippen LogP contribution in [0.25, 0.3) is 0 Å². The van der Waals surface area contributed by atoms with Gasteiger partial charge in [0, 0.05) is 12.7 Å². The normalized spacial score (nSPS) is 17.1. The van der Waals surface area contributed by atoms with Gasteiger partial charge in [-0.25, -0.2) is 4.79 Å². The van der Waals surface area contributed by atoms with Gasteiger partial charge in [0.25, 0.3) is 5.56 Å². The molecule has 0 radical (unpaired) electrons. The number of H-pyrrole nitrogens is 1. The average molecular weight is 229 g/mol. The molecule has 0 aromatic carbocycles. The van der Waals surface area contributed by atoms with E-state index in [0.29, 0.717) is 12.5 Å². The predicted octanol–water partition coefficient (Wildman–Crippen LogP) is 1.38. The van der Waals surface area contributed by atoms with Crippen LogP contribution in [0.3, 0.4) is 0 Å². The number of nitrogens with one attached hydrogen (secondary N) is 1. The maximum atomic E-state index is 11.4. The molecule has 1 heterocycles. The van der Waals surface area contributed by atoms with Crippen molar-refractivity contribution in [1.82, 2.24) is 9.55 Å². The Balaban J connectivity index is 2.24. The van der Waals surface area contributed by atoms with Gasteiger partial charge in [0.2, 0.25) is 0 Å². The summed E-state index contributed by atoms with van der Waals surface area (Å²) in [7, 11) is 0. The van der Waals surface area contributed by atoms with Gasteiger partial charge in [0.05, 0.1) is 0 Å². The zero-order valence-electron chi connectivity index (χ0n) is 8.33. The van der Waals surface area contributed by atoms with Gasteiger partial charge in [-0.1, -0.05) is 24.4 Å². The molecule has 1 fully saturated rings. The maximum Gasteiger partial charge on any atom is 0.328 e. The van der Waals surface area contributed by atoms with Crippen molar-refractivity contribution in [1.29, 1.82) is 0 Å². The van der Waals surface area contributed by atoms with Crippen molar-refractivity contribution in [3.05, 3.63) is 32.1 Å². The van der Waals surface area contributed by atoms with Gasteiger partial charge in [-0.15, -0.1) is 0 Å². The third-order valence-corrected chi connectivity index (χ3v) is 3.17. The first kappa shape index (κ1) is 10.5. The van der Waals surface area contributed by atoms with Crippen molar-refractivity contribution in [2.45, 2.75) is 32.2 Å². The summed E-state index contributed by atoms with van der Waals surface area (Å²) in [6.07, 6.45) is 6.21. The van der Waals surface area contributed by atoms with Gasteiger partial charge in [0.15, 0.2) is 0 Å². The highest BCUT2D eigenvalue weighted by molar-refractivity contribution is 6.30. The fraction of sp³-hybridized carbons (Fsp3) is 0.600. The fourth-order valence-corrected chi connectivity index (χ4v) is 2.25. The lowest BCUT2D eigenvalue weighted by Gasteiger charge is -2.10. The van der Waals surface area contributed by atoms with Crippen LogP contribution in [0.2, 0.25) is 5.02 Å². The highest BCUT2D eigenvalue weighted by Gasteiger charge is 2.16. The molecule has 0 aliphatic heterocycles. The van der Waals surface area contributed by atoms with E-state index in [1.165, 1.54) is 23.6 Å². The van der Waals surface area contributed by atoms with Crippen LogP contribution in [0.5, 0.6) is 0 Å². The first-order chi connectivity index (χ1) is 7.16. The number of rotatable bonds is 2. The van der Waals surface area contributed by atoms with E-state index in [0.717, 1.165) is 12.8 Å². The van der Waals surface area contributed by atoms with Gasteiger partial charge in [0.1, 0.15) is 5.02 Å². The number of halogens is 1. The Labute approximate surface area is 91.9 Å². The molecule has 0 bridgehead atoms. The van der Waals surface area contributed by atoms with Gasteiger partial charge in [-0.2, -0.15) is 0 Å². The molecular weight excluding hydrogens is 216 g/mol. The summed E-state index contributed by atoms with van der Waals surface area (Å²) in [6.45, 7) is 0.662. The lowest BCUT2D eigenvalue weighted by Crippen LogP contribution is -2.31. The summed E-state index contributed by atoms with van der Waals surface area (Å²) in [5, 5.41) is 0.0765. The number of nitrogens with zero attached hydrogens (tertiary/aromatic N) is 1. The minimum absolute atomic E-state index is 0.0765. The van der Waals surface area contributed by atoms with Crippen LogP contribution in [0.15, 0.2) is 15.8 Å². The molecule has 1 aromatic heterocycles. The van der Waals surface area contributed by atoms with Gasteiger partial charge in [-0.3, -0.25) is 14.3 Å². The second kappa shape index (κ2) is 4.23. The Morgan fingerprint density at radius 2 is 2.07 bits per heavy atom. The summed E-state index contributed by atoms with van der Waals surface area (Å²) in [4.78, 5) is 24.7. The quantitative estimate of drug-likeness (QED) is 0.832. The van der Waals surface area contributed by atoms with E-state index >= 15 is 0 Å². The molecule has 0 atom stereocenters. The van der Waals surface area contributed by atoms with Crippen molar-refractivity contribution in [3.63, 3.8) is 0 Å². The van der Waals surface area contributed by atoms with E-state index in [9.17, 15) is 9.59 Å². The lowest BCUT2D eigenvalue weighted by molar-refractivity contribution is 0.443. The van der Waals surface area contributed by atoms with Crippen molar-refractivity contribution >= 4 is 11.6 Å². The summed E-state index contributed by atoms with van der Waals surface area (Å²) < 4.78 is 1.50. The second-order valence-electron chi connectivity index (χ2n) is 4.04. The number of aromatic nitrogens is 2. The molecule has 82 valence electrons. The highest BCUT2D eigenvalue weighted by atomic mass is 35.5. The SMILES string of the molecule is O=c1[nH]c(=O)n(CC2CCCC2)cc1Cl. The number of hydrogen-bond acceptors (Lipinski definition) is 2. The molecule has 0 amide bonds. The van der Waals surface area contributed by atoms with E-state index in [2.05, 4.69) is 4.98 Å². The monoisotopic (exact) mass is 228 g/mol. The topological polar surface area (TPSA) is 54.9 Å². The molecule has 2 rings (SSSR count). The van der Waals surface area contributed by atoms with Crippen molar-refractivity contribution in [2.75, 3.05) is 0 Å². The zero-order chi connectivity index (χ0) is 10.8. The molecule has 1 aromatic rings. The molecule has 0 spiro atoms. The van der Waals surface area contributed by atoms with Crippen molar-refractivity contribution < 1.29 is 0 Å². The molecule has 0 saturated heterocycles.